The molecule has 1 aromatic rings. The number of aldehydes is 1. The van der Waals surface area contributed by atoms with Crippen molar-refractivity contribution >= 4 is 33.6 Å². The van der Waals surface area contributed by atoms with Crippen LogP contribution in [0.25, 0.3) is 0 Å². The lowest BCUT2D eigenvalue weighted by atomic mass is 10.6. The zero-order chi connectivity index (χ0) is 7.98. The fraction of sp³-hybridized carbons (Fsp3) is 0.333. The van der Waals surface area contributed by atoms with Crippen LogP contribution in [-0.4, -0.2) is 11.3 Å². The van der Waals surface area contributed by atoms with Crippen molar-refractivity contribution in [3.8, 4) is 0 Å². The summed E-state index contributed by atoms with van der Waals surface area (Å²) >= 11 is 4.55. The molecular formula is C6H8BrNOS. The summed E-state index contributed by atoms with van der Waals surface area (Å²) in [5.41, 5.74) is 2.10. The van der Waals surface area contributed by atoms with E-state index in [0.717, 1.165) is 10.1 Å². The molecule has 0 amide bonds. The molecule has 4 heteroatoms. The molecule has 0 atom stereocenters. The molecule has 0 aromatic carbocycles. The number of aromatic nitrogens is 1. The monoisotopic (exact) mass is 221 g/mol. The number of rotatable bonds is 1. The predicted octanol–water partition coefficient (Wildman–Crippen LogP) is 2.74. The molecule has 0 bridgehead atoms. The average Bonchev–Trinajstić information content (AvgIpc) is 2.39. The molecule has 0 aliphatic heterocycles. The molecule has 1 heterocycles. The summed E-state index contributed by atoms with van der Waals surface area (Å²) in [6.07, 6.45) is 0.723. The van der Waals surface area contributed by atoms with Gasteiger partial charge in [-0.05, 0) is 15.9 Å². The van der Waals surface area contributed by atoms with Crippen LogP contribution >= 0.6 is 27.3 Å². The Bertz CT molecular complexity index is 199. The van der Waals surface area contributed by atoms with Gasteiger partial charge in [0.15, 0.2) is 6.29 Å². The Morgan fingerprint density at radius 1 is 1.70 bits per heavy atom. The Labute approximate surface area is 72.4 Å². The summed E-state index contributed by atoms with van der Waals surface area (Å²) in [6, 6.07) is 0. The molecule has 0 saturated heterocycles. The molecule has 10 heavy (non-hydrogen) atoms. The largest absolute Gasteiger partial charge is 0.296 e. The van der Waals surface area contributed by atoms with E-state index < -0.39 is 0 Å². The standard InChI is InChI=1S/C4H2BrNOS.C2H6/c5-4-3(1-7)6-2-8-4;1-2/h1-2H;1-2H3. The number of halogens is 1. The summed E-state index contributed by atoms with van der Waals surface area (Å²) in [7, 11) is 0. The number of hydrogen-bond donors (Lipinski definition) is 0. The van der Waals surface area contributed by atoms with Gasteiger partial charge < -0.3 is 0 Å². The molecule has 0 saturated carbocycles. The smallest absolute Gasteiger partial charge is 0.170 e. The van der Waals surface area contributed by atoms with Gasteiger partial charge in [-0.2, -0.15) is 0 Å². The van der Waals surface area contributed by atoms with Crippen molar-refractivity contribution in [3.63, 3.8) is 0 Å². The maximum atomic E-state index is 10.0. The van der Waals surface area contributed by atoms with Crippen molar-refractivity contribution in [1.29, 1.82) is 0 Å². The van der Waals surface area contributed by atoms with Gasteiger partial charge in [-0.25, -0.2) is 4.98 Å². The van der Waals surface area contributed by atoms with Gasteiger partial charge in [-0.3, -0.25) is 4.79 Å². The first kappa shape index (κ1) is 9.78. The van der Waals surface area contributed by atoms with Crippen molar-refractivity contribution in [2.24, 2.45) is 0 Å². The fourth-order valence-corrected chi connectivity index (χ4v) is 1.24. The van der Waals surface area contributed by atoms with Crippen LogP contribution in [0.2, 0.25) is 0 Å². The lowest BCUT2D eigenvalue weighted by Crippen LogP contribution is -1.75. The zero-order valence-corrected chi connectivity index (χ0v) is 8.20. The Morgan fingerprint density at radius 2 is 2.30 bits per heavy atom. The molecular weight excluding hydrogens is 214 g/mol. The minimum atomic E-state index is 0.481. The SMILES string of the molecule is CC.O=Cc1ncsc1Br. The highest BCUT2D eigenvalue weighted by Gasteiger charge is 1.97. The first-order valence-corrected chi connectivity index (χ1v) is 4.56. The summed E-state index contributed by atoms with van der Waals surface area (Å²) < 4.78 is 0.799. The van der Waals surface area contributed by atoms with Gasteiger partial charge in [0.05, 0.1) is 5.51 Å². The van der Waals surface area contributed by atoms with Crippen LogP contribution in [0.4, 0.5) is 0 Å². The molecule has 1 aromatic heterocycles. The van der Waals surface area contributed by atoms with E-state index in [1.807, 2.05) is 13.8 Å². The topological polar surface area (TPSA) is 30.0 Å². The second kappa shape index (κ2) is 5.56. The molecule has 0 aliphatic carbocycles. The van der Waals surface area contributed by atoms with Crippen molar-refractivity contribution in [2.45, 2.75) is 13.8 Å². The lowest BCUT2D eigenvalue weighted by molar-refractivity contribution is 0.111. The maximum Gasteiger partial charge on any atom is 0.170 e. The van der Waals surface area contributed by atoms with E-state index in [2.05, 4.69) is 20.9 Å². The molecule has 0 radical (unpaired) electrons. The van der Waals surface area contributed by atoms with Crippen LogP contribution < -0.4 is 0 Å². The van der Waals surface area contributed by atoms with Crippen molar-refractivity contribution < 1.29 is 4.79 Å². The van der Waals surface area contributed by atoms with Crippen LogP contribution in [0.15, 0.2) is 9.30 Å². The summed E-state index contributed by atoms with van der Waals surface area (Å²) in [5, 5.41) is 0. The molecule has 0 spiro atoms. The van der Waals surface area contributed by atoms with Gasteiger partial charge in [-0.15, -0.1) is 11.3 Å². The third-order valence-corrected chi connectivity index (χ3v) is 2.25. The first-order valence-electron chi connectivity index (χ1n) is 2.88. The number of carbonyl (C=O) groups excluding carboxylic acids is 1. The van der Waals surface area contributed by atoms with Crippen LogP contribution in [0.3, 0.4) is 0 Å². The highest BCUT2D eigenvalue weighted by atomic mass is 79.9. The van der Waals surface area contributed by atoms with Crippen molar-refractivity contribution in [2.75, 3.05) is 0 Å². The van der Waals surface area contributed by atoms with Gasteiger partial charge in [-0.1, -0.05) is 13.8 Å². The van der Waals surface area contributed by atoms with Gasteiger partial charge in [0.1, 0.15) is 9.48 Å². The van der Waals surface area contributed by atoms with E-state index in [-0.39, 0.29) is 0 Å². The third-order valence-electron chi connectivity index (χ3n) is 0.661. The first-order chi connectivity index (χ1) is 4.84. The van der Waals surface area contributed by atoms with Crippen LogP contribution in [0.1, 0.15) is 24.3 Å². The van der Waals surface area contributed by atoms with E-state index in [9.17, 15) is 4.79 Å². The second-order valence-corrected chi connectivity index (χ2v) is 3.30. The highest BCUT2D eigenvalue weighted by Crippen LogP contribution is 2.18. The minimum Gasteiger partial charge on any atom is -0.296 e. The Morgan fingerprint density at radius 3 is 2.50 bits per heavy atom. The Kier molecular flexibility index (Phi) is 5.43. The van der Waals surface area contributed by atoms with E-state index >= 15 is 0 Å². The quantitative estimate of drug-likeness (QED) is 0.684. The second-order valence-electron chi connectivity index (χ2n) is 1.13. The third kappa shape index (κ3) is 2.58. The van der Waals surface area contributed by atoms with Gasteiger partial charge in [0.25, 0.3) is 0 Å². The van der Waals surface area contributed by atoms with E-state index in [0.29, 0.717) is 5.69 Å². The highest BCUT2D eigenvalue weighted by molar-refractivity contribution is 9.11. The normalized spacial score (nSPS) is 7.90. The molecule has 1 rings (SSSR count). The maximum absolute atomic E-state index is 10.0. The lowest BCUT2D eigenvalue weighted by Gasteiger charge is -1.74. The fourth-order valence-electron chi connectivity index (χ4n) is 0.317. The van der Waals surface area contributed by atoms with Gasteiger partial charge >= 0.3 is 0 Å². The summed E-state index contributed by atoms with van der Waals surface area (Å²) in [4.78, 5) is 13.7. The molecule has 0 fully saturated rings. The van der Waals surface area contributed by atoms with Crippen LogP contribution in [0, 0.1) is 0 Å². The predicted molar refractivity (Wildman–Crippen MR) is 46.5 cm³/mol. The molecule has 0 N–H and O–H groups in total. The Balaban J connectivity index is 0.000000371. The van der Waals surface area contributed by atoms with E-state index in [1.165, 1.54) is 11.3 Å². The average molecular weight is 222 g/mol. The number of thiazole rings is 1. The van der Waals surface area contributed by atoms with Crippen LogP contribution in [-0.2, 0) is 0 Å². The van der Waals surface area contributed by atoms with Crippen LogP contribution in [0.5, 0.6) is 0 Å². The van der Waals surface area contributed by atoms with Gasteiger partial charge in [0.2, 0.25) is 0 Å². The number of carbonyl (C=O) groups is 1. The van der Waals surface area contributed by atoms with Crippen molar-refractivity contribution in [3.05, 3.63) is 15.0 Å². The van der Waals surface area contributed by atoms with E-state index in [4.69, 9.17) is 0 Å². The number of hydrogen-bond acceptors (Lipinski definition) is 3. The molecule has 0 unspecified atom stereocenters. The number of nitrogens with zero attached hydrogens (tertiary/aromatic N) is 1. The minimum absolute atomic E-state index is 0.481. The molecule has 56 valence electrons. The molecule has 0 aliphatic rings. The van der Waals surface area contributed by atoms with Gasteiger partial charge in [0, 0.05) is 0 Å². The van der Waals surface area contributed by atoms with Crippen molar-refractivity contribution in [1.82, 2.24) is 4.98 Å². The zero-order valence-electron chi connectivity index (χ0n) is 5.80. The summed E-state index contributed by atoms with van der Waals surface area (Å²) in [5.74, 6) is 0. The van der Waals surface area contributed by atoms with E-state index in [1.54, 1.807) is 5.51 Å². The summed E-state index contributed by atoms with van der Waals surface area (Å²) in [6.45, 7) is 4.00. The molecule has 2 nitrogen and oxygen atoms in total. The Hall–Kier alpha value is -0.220.